The number of ether oxygens (including phenoxy) is 1. The van der Waals surface area contributed by atoms with Crippen LogP contribution in [0.15, 0.2) is 91.0 Å². The molecule has 2 atom stereocenters. The van der Waals surface area contributed by atoms with E-state index in [1.165, 1.54) is 5.56 Å². The fourth-order valence-corrected chi connectivity index (χ4v) is 4.05. The first kappa shape index (κ1) is 19.4. The maximum Gasteiger partial charge on any atom is 0.225 e. The highest BCUT2D eigenvalue weighted by Gasteiger charge is 2.40. The SMILES string of the molecule is O=C1C[C@H](OCc2ccccc2)[C@@H](CCc2ccccc2)N1Cc1ccccc1. The second-order valence-corrected chi connectivity index (χ2v) is 7.64. The van der Waals surface area contributed by atoms with Crippen LogP contribution < -0.4 is 0 Å². The number of aryl methyl sites for hydroxylation is 1. The van der Waals surface area contributed by atoms with Gasteiger partial charge >= 0.3 is 0 Å². The van der Waals surface area contributed by atoms with E-state index in [1.807, 2.05) is 47.4 Å². The zero-order valence-corrected chi connectivity index (χ0v) is 16.6. The molecule has 3 aromatic carbocycles. The Balaban J connectivity index is 1.48. The summed E-state index contributed by atoms with van der Waals surface area (Å²) in [5.74, 6) is 0.185. The number of rotatable bonds is 8. The monoisotopic (exact) mass is 385 g/mol. The summed E-state index contributed by atoms with van der Waals surface area (Å²) in [4.78, 5) is 14.9. The fraction of sp³-hybridized carbons (Fsp3) is 0.269. The summed E-state index contributed by atoms with van der Waals surface area (Å²) in [7, 11) is 0. The average molecular weight is 386 g/mol. The van der Waals surface area contributed by atoms with Crippen LogP contribution in [0.3, 0.4) is 0 Å². The lowest BCUT2D eigenvalue weighted by molar-refractivity contribution is -0.129. The van der Waals surface area contributed by atoms with Crippen molar-refractivity contribution in [3.8, 4) is 0 Å². The molecule has 1 saturated heterocycles. The Hall–Kier alpha value is -2.91. The van der Waals surface area contributed by atoms with Gasteiger partial charge in [-0.2, -0.15) is 0 Å². The highest BCUT2D eigenvalue weighted by atomic mass is 16.5. The van der Waals surface area contributed by atoms with Crippen LogP contribution in [0.2, 0.25) is 0 Å². The Morgan fingerprint density at radius 1 is 0.759 bits per heavy atom. The molecule has 1 aliphatic rings. The molecule has 0 saturated carbocycles. The highest BCUT2D eigenvalue weighted by Crippen LogP contribution is 2.28. The number of hydrogen-bond donors (Lipinski definition) is 0. The Morgan fingerprint density at radius 3 is 1.93 bits per heavy atom. The largest absolute Gasteiger partial charge is 0.371 e. The molecule has 1 fully saturated rings. The molecule has 29 heavy (non-hydrogen) atoms. The van der Waals surface area contributed by atoms with Crippen LogP contribution in [0.4, 0.5) is 0 Å². The van der Waals surface area contributed by atoms with Gasteiger partial charge in [0.1, 0.15) is 0 Å². The van der Waals surface area contributed by atoms with Crippen LogP contribution in [-0.4, -0.2) is 23.0 Å². The zero-order chi connectivity index (χ0) is 19.9. The molecule has 0 spiro atoms. The zero-order valence-electron chi connectivity index (χ0n) is 16.6. The minimum atomic E-state index is -0.0740. The first-order valence-electron chi connectivity index (χ1n) is 10.3. The number of benzene rings is 3. The van der Waals surface area contributed by atoms with Gasteiger partial charge in [-0.3, -0.25) is 4.79 Å². The molecular weight excluding hydrogens is 358 g/mol. The van der Waals surface area contributed by atoms with E-state index in [0.717, 1.165) is 24.0 Å². The molecular formula is C26H27NO2. The Bertz CT molecular complexity index is 896. The van der Waals surface area contributed by atoms with E-state index >= 15 is 0 Å². The summed E-state index contributed by atoms with van der Waals surface area (Å²) in [5.41, 5.74) is 3.60. The summed E-state index contributed by atoms with van der Waals surface area (Å²) in [6, 6.07) is 31.0. The lowest BCUT2D eigenvalue weighted by Gasteiger charge is -2.28. The van der Waals surface area contributed by atoms with Gasteiger partial charge in [0.05, 0.1) is 25.2 Å². The molecule has 1 heterocycles. The van der Waals surface area contributed by atoms with Gasteiger partial charge in [-0.05, 0) is 29.5 Å². The predicted molar refractivity (Wildman–Crippen MR) is 115 cm³/mol. The maximum absolute atomic E-state index is 12.9. The third-order valence-electron chi connectivity index (χ3n) is 5.60. The van der Waals surface area contributed by atoms with Gasteiger partial charge in [-0.25, -0.2) is 0 Å². The van der Waals surface area contributed by atoms with Crippen molar-refractivity contribution in [3.63, 3.8) is 0 Å². The number of likely N-dealkylation sites (tertiary alicyclic amines) is 1. The second-order valence-electron chi connectivity index (χ2n) is 7.64. The summed E-state index contributed by atoms with van der Waals surface area (Å²) in [6.07, 6.45) is 2.23. The summed E-state index contributed by atoms with van der Waals surface area (Å²) in [6.45, 7) is 1.18. The third kappa shape index (κ3) is 5.12. The normalized spacial score (nSPS) is 18.9. The minimum absolute atomic E-state index is 0.0740. The molecule has 3 heteroatoms. The Labute approximate surface area is 172 Å². The lowest BCUT2D eigenvalue weighted by atomic mass is 10.0. The van der Waals surface area contributed by atoms with Crippen molar-refractivity contribution in [1.29, 1.82) is 0 Å². The van der Waals surface area contributed by atoms with E-state index in [2.05, 4.69) is 48.5 Å². The fourth-order valence-electron chi connectivity index (χ4n) is 4.05. The number of carbonyl (C=O) groups is 1. The van der Waals surface area contributed by atoms with Crippen LogP contribution in [0.25, 0.3) is 0 Å². The molecule has 3 nitrogen and oxygen atoms in total. The van der Waals surface area contributed by atoms with Crippen LogP contribution in [0, 0.1) is 0 Å². The molecule has 0 N–H and O–H groups in total. The molecule has 0 bridgehead atoms. The highest BCUT2D eigenvalue weighted by molar-refractivity contribution is 5.79. The molecule has 0 radical (unpaired) electrons. The molecule has 3 aromatic rings. The van der Waals surface area contributed by atoms with E-state index in [1.54, 1.807) is 0 Å². The van der Waals surface area contributed by atoms with Gasteiger partial charge in [0.15, 0.2) is 0 Å². The standard InChI is InChI=1S/C26H27NO2/c28-26-18-25(29-20-23-14-8-3-9-15-23)24(17-16-21-10-4-1-5-11-21)27(26)19-22-12-6-2-7-13-22/h1-15,24-25H,16-20H2/t24-,25+/m1/s1. The van der Waals surface area contributed by atoms with Crippen molar-refractivity contribution in [2.45, 2.75) is 44.6 Å². The first-order valence-corrected chi connectivity index (χ1v) is 10.3. The number of carbonyl (C=O) groups excluding carboxylic acids is 1. The molecule has 4 rings (SSSR count). The van der Waals surface area contributed by atoms with E-state index in [4.69, 9.17) is 4.74 Å². The van der Waals surface area contributed by atoms with Gasteiger partial charge in [-0.15, -0.1) is 0 Å². The molecule has 1 amide bonds. The van der Waals surface area contributed by atoms with Crippen molar-refractivity contribution < 1.29 is 9.53 Å². The van der Waals surface area contributed by atoms with Gasteiger partial charge < -0.3 is 9.64 Å². The second kappa shape index (κ2) is 9.53. The van der Waals surface area contributed by atoms with Crippen LogP contribution >= 0.6 is 0 Å². The van der Waals surface area contributed by atoms with Gasteiger partial charge in [0.25, 0.3) is 0 Å². The first-order chi connectivity index (χ1) is 14.3. The van der Waals surface area contributed by atoms with Crippen LogP contribution in [0.1, 0.15) is 29.5 Å². The molecule has 0 aromatic heterocycles. The van der Waals surface area contributed by atoms with E-state index in [0.29, 0.717) is 19.6 Å². The van der Waals surface area contributed by atoms with E-state index in [9.17, 15) is 4.79 Å². The van der Waals surface area contributed by atoms with Crippen molar-refractivity contribution in [2.75, 3.05) is 0 Å². The van der Waals surface area contributed by atoms with Crippen LogP contribution in [-0.2, 0) is 29.1 Å². The van der Waals surface area contributed by atoms with Crippen molar-refractivity contribution in [1.82, 2.24) is 4.90 Å². The van der Waals surface area contributed by atoms with Gasteiger partial charge in [0, 0.05) is 6.54 Å². The third-order valence-corrected chi connectivity index (χ3v) is 5.60. The van der Waals surface area contributed by atoms with Crippen LogP contribution in [0.5, 0.6) is 0 Å². The quantitative estimate of drug-likeness (QED) is 0.546. The Morgan fingerprint density at radius 2 is 1.31 bits per heavy atom. The molecule has 1 aliphatic heterocycles. The van der Waals surface area contributed by atoms with E-state index < -0.39 is 0 Å². The summed E-state index contributed by atoms with van der Waals surface area (Å²) >= 11 is 0. The number of nitrogens with zero attached hydrogens (tertiary/aromatic N) is 1. The molecule has 148 valence electrons. The van der Waals surface area contributed by atoms with Crippen molar-refractivity contribution in [3.05, 3.63) is 108 Å². The summed E-state index contributed by atoms with van der Waals surface area (Å²) < 4.78 is 6.27. The van der Waals surface area contributed by atoms with E-state index in [-0.39, 0.29) is 18.1 Å². The smallest absolute Gasteiger partial charge is 0.225 e. The predicted octanol–water partition coefficient (Wildman–Crippen LogP) is 5.01. The lowest BCUT2D eigenvalue weighted by Crippen LogP contribution is -2.38. The van der Waals surface area contributed by atoms with Gasteiger partial charge in [0.2, 0.25) is 5.91 Å². The van der Waals surface area contributed by atoms with Crippen molar-refractivity contribution in [2.24, 2.45) is 0 Å². The molecule has 0 aliphatic carbocycles. The topological polar surface area (TPSA) is 29.5 Å². The number of amides is 1. The van der Waals surface area contributed by atoms with Gasteiger partial charge in [-0.1, -0.05) is 91.0 Å². The number of hydrogen-bond acceptors (Lipinski definition) is 2. The Kier molecular flexibility index (Phi) is 6.38. The average Bonchev–Trinajstić information content (AvgIpc) is 3.07. The molecule has 0 unspecified atom stereocenters. The summed E-state index contributed by atoms with van der Waals surface area (Å²) in [5, 5.41) is 0. The van der Waals surface area contributed by atoms with Crippen molar-refractivity contribution >= 4 is 5.91 Å². The maximum atomic E-state index is 12.9. The minimum Gasteiger partial charge on any atom is -0.371 e.